The molecule has 0 saturated carbocycles. The number of benzene rings is 2. The maximum Gasteiger partial charge on any atom is 0.229 e. The minimum absolute atomic E-state index is 0.511. The van der Waals surface area contributed by atoms with Crippen LogP contribution in [-0.2, 0) is 0 Å². The summed E-state index contributed by atoms with van der Waals surface area (Å²) in [4.78, 5) is 11.1. The summed E-state index contributed by atoms with van der Waals surface area (Å²) in [6.45, 7) is 6.30. The summed E-state index contributed by atoms with van der Waals surface area (Å²) in [5, 5.41) is 7.13. The maximum atomic E-state index is 6.01. The fraction of sp³-hybridized carbons (Fsp3) is 0.200. The Balaban J connectivity index is 1.70. The Kier molecular flexibility index (Phi) is 5.92. The molecule has 0 aliphatic carbocycles. The number of halogens is 1. The zero-order valence-corrected chi connectivity index (χ0v) is 15.7. The summed E-state index contributed by atoms with van der Waals surface area (Å²) in [6, 6.07) is 17.6. The quantitative estimate of drug-likeness (QED) is 0.580. The lowest BCUT2D eigenvalue weighted by atomic mass is 10.2. The molecule has 6 heteroatoms. The Bertz CT molecular complexity index is 847. The standard InChI is InChI=1S/C20H22ClN5/c1-3-26(4-2)18-10-8-16(9-11-18)23-19-12-13-22-20(25-19)24-17-7-5-6-15(21)14-17/h5-14H,3-4H2,1-2H3,(H2,22,23,24,25). The summed E-state index contributed by atoms with van der Waals surface area (Å²) in [7, 11) is 0. The predicted octanol–water partition coefficient (Wildman–Crippen LogP) is 5.46. The van der Waals surface area contributed by atoms with Gasteiger partial charge in [-0.3, -0.25) is 0 Å². The van der Waals surface area contributed by atoms with Crippen LogP contribution in [0.25, 0.3) is 0 Å². The molecule has 0 saturated heterocycles. The molecule has 0 amide bonds. The van der Waals surface area contributed by atoms with Crippen LogP contribution in [0.15, 0.2) is 60.8 Å². The lowest BCUT2D eigenvalue weighted by Crippen LogP contribution is -2.21. The highest BCUT2D eigenvalue weighted by atomic mass is 35.5. The fourth-order valence-electron chi connectivity index (χ4n) is 2.68. The average molecular weight is 368 g/mol. The van der Waals surface area contributed by atoms with Crippen molar-refractivity contribution in [3.8, 4) is 0 Å². The van der Waals surface area contributed by atoms with E-state index in [1.54, 1.807) is 6.20 Å². The number of aromatic nitrogens is 2. The minimum Gasteiger partial charge on any atom is -0.372 e. The van der Waals surface area contributed by atoms with Gasteiger partial charge >= 0.3 is 0 Å². The van der Waals surface area contributed by atoms with Crippen molar-refractivity contribution in [2.45, 2.75) is 13.8 Å². The van der Waals surface area contributed by atoms with Gasteiger partial charge in [-0.05, 0) is 62.4 Å². The van der Waals surface area contributed by atoms with Crippen molar-refractivity contribution in [1.29, 1.82) is 0 Å². The van der Waals surface area contributed by atoms with Crippen LogP contribution in [0.2, 0.25) is 5.02 Å². The normalized spacial score (nSPS) is 10.4. The molecular weight excluding hydrogens is 346 g/mol. The molecule has 0 radical (unpaired) electrons. The van der Waals surface area contributed by atoms with Crippen LogP contribution in [-0.4, -0.2) is 23.1 Å². The summed E-state index contributed by atoms with van der Waals surface area (Å²) < 4.78 is 0. The third-order valence-electron chi connectivity index (χ3n) is 4.00. The van der Waals surface area contributed by atoms with Gasteiger partial charge in [0, 0.05) is 41.4 Å². The molecule has 0 fully saturated rings. The van der Waals surface area contributed by atoms with Crippen molar-refractivity contribution in [3.05, 3.63) is 65.8 Å². The molecule has 0 atom stereocenters. The number of hydrogen-bond donors (Lipinski definition) is 2. The van der Waals surface area contributed by atoms with Crippen LogP contribution in [0, 0.1) is 0 Å². The van der Waals surface area contributed by atoms with Gasteiger partial charge in [-0.2, -0.15) is 4.98 Å². The summed E-state index contributed by atoms with van der Waals surface area (Å²) >= 11 is 6.01. The molecule has 0 spiro atoms. The second-order valence-electron chi connectivity index (χ2n) is 5.74. The number of nitrogens with one attached hydrogen (secondary N) is 2. The first kappa shape index (κ1) is 18.0. The first-order valence-electron chi connectivity index (χ1n) is 8.65. The van der Waals surface area contributed by atoms with Crippen LogP contribution in [0.3, 0.4) is 0 Å². The van der Waals surface area contributed by atoms with Gasteiger partial charge in [0.15, 0.2) is 0 Å². The van der Waals surface area contributed by atoms with E-state index in [1.165, 1.54) is 5.69 Å². The number of nitrogens with zero attached hydrogens (tertiary/aromatic N) is 3. The zero-order valence-electron chi connectivity index (χ0n) is 14.9. The molecule has 0 aliphatic heterocycles. The van der Waals surface area contributed by atoms with Gasteiger partial charge in [-0.15, -0.1) is 0 Å². The highest BCUT2D eigenvalue weighted by Gasteiger charge is 2.04. The SMILES string of the molecule is CCN(CC)c1ccc(Nc2ccnc(Nc3cccc(Cl)c3)n2)cc1. The second-order valence-corrected chi connectivity index (χ2v) is 6.18. The van der Waals surface area contributed by atoms with Gasteiger partial charge in [0.05, 0.1) is 0 Å². The molecule has 1 aromatic heterocycles. The van der Waals surface area contributed by atoms with Crippen molar-refractivity contribution in [2.75, 3.05) is 28.6 Å². The van der Waals surface area contributed by atoms with Gasteiger partial charge in [0.25, 0.3) is 0 Å². The number of hydrogen-bond acceptors (Lipinski definition) is 5. The first-order chi connectivity index (χ1) is 12.7. The van der Waals surface area contributed by atoms with Crippen molar-refractivity contribution in [2.24, 2.45) is 0 Å². The molecule has 5 nitrogen and oxygen atoms in total. The summed E-state index contributed by atoms with van der Waals surface area (Å²) in [6.07, 6.45) is 1.71. The molecule has 3 aromatic rings. The van der Waals surface area contributed by atoms with Gasteiger partial charge in [-0.1, -0.05) is 17.7 Å². The van der Waals surface area contributed by atoms with Crippen LogP contribution in [0.5, 0.6) is 0 Å². The molecule has 0 aliphatic rings. The highest BCUT2D eigenvalue weighted by molar-refractivity contribution is 6.30. The Morgan fingerprint density at radius 2 is 1.69 bits per heavy atom. The van der Waals surface area contributed by atoms with E-state index in [9.17, 15) is 0 Å². The average Bonchev–Trinajstić information content (AvgIpc) is 2.64. The molecule has 1 heterocycles. The summed E-state index contributed by atoms with van der Waals surface area (Å²) in [5.41, 5.74) is 3.04. The Hall–Kier alpha value is -2.79. The molecule has 2 N–H and O–H groups in total. The van der Waals surface area contributed by atoms with E-state index in [-0.39, 0.29) is 0 Å². The van der Waals surface area contributed by atoms with Crippen LogP contribution in [0.1, 0.15) is 13.8 Å². The van der Waals surface area contributed by atoms with Gasteiger partial charge < -0.3 is 15.5 Å². The van der Waals surface area contributed by atoms with Crippen molar-refractivity contribution < 1.29 is 0 Å². The third kappa shape index (κ3) is 4.64. The van der Waals surface area contributed by atoms with Crippen molar-refractivity contribution in [3.63, 3.8) is 0 Å². The van der Waals surface area contributed by atoms with E-state index in [2.05, 4.69) is 63.6 Å². The van der Waals surface area contributed by atoms with Gasteiger partial charge in [-0.25, -0.2) is 4.98 Å². The maximum absolute atomic E-state index is 6.01. The van der Waals surface area contributed by atoms with E-state index in [0.717, 1.165) is 30.3 Å². The minimum atomic E-state index is 0.511. The number of rotatable bonds is 7. The van der Waals surface area contributed by atoms with Gasteiger partial charge in [0.1, 0.15) is 5.82 Å². The predicted molar refractivity (Wildman–Crippen MR) is 110 cm³/mol. The molecule has 3 rings (SSSR count). The molecule has 26 heavy (non-hydrogen) atoms. The third-order valence-corrected chi connectivity index (χ3v) is 4.24. The Morgan fingerprint density at radius 1 is 0.923 bits per heavy atom. The molecule has 0 unspecified atom stereocenters. The van der Waals surface area contributed by atoms with E-state index >= 15 is 0 Å². The van der Waals surface area contributed by atoms with Crippen LogP contribution < -0.4 is 15.5 Å². The van der Waals surface area contributed by atoms with Gasteiger partial charge in [0.2, 0.25) is 5.95 Å². The van der Waals surface area contributed by atoms with Crippen molar-refractivity contribution in [1.82, 2.24) is 9.97 Å². The van der Waals surface area contributed by atoms with E-state index in [0.29, 0.717) is 11.0 Å². The highest BCUT2D eigenvalue weighted by Crippen LogP contribution is 2.22. The Labute approximate surface area is 159 Å². The summed E-state index contributed by atoms with van der Waals surface area (Å²) in [5.74, 6) is 1.23. The second kappa shape index (κ2) is 8.54. The van der Waals surface area contributed by atoms with Crippen molar-refractivity contribution >= 4 is 40.4 Å². The Morgan fingerprint density at radius 3 is 2.38 bits per heavy atom. The molecular formula is C20H22ClN5. The van der Waals surface area contributed by atoms with Crippen LogP contribution in [0.4, 0.5) is 28.8 Å². The zero-order chi connectivity index (χ0) is 18.4. The van der Waals surface area contributed by atoms with E-state index in [4.69, 9.17) is 11.6 Å². The topological polar surface area (TPSA) is 53.1 Å². The first-order valence-corrected chi connectivity index (χ1v) is 9.03. The van der Waals surface area contributed by atoms with Crippen LogP contribution >= 0.6 is 11.6 Å². The molecule has 2 aromatic carbocycles. The smallest absolute Gasteiger partial charge is 0.229 e. The lowest BCUT2D eigenvalue weighted by Gasteiger charge is -2.21. The number of anilines is 5. The molecule has 0 bridgehead atoms. The van der Waals surface area contributed by atoms with E-state index in [1.807, 2.05) is 30.3 Å². The fourth-order valence-corrected chi connectivity index (χ4v) is 2.87. The largest absolute Gasteiger partial charge is 0.372 e. The molecule has 134 valence electrons. The monoisotopic (exact) mass is 367 g/mol. The van der Waals surface area contributed by atoms with E-state index < -0.39 is 0 Å². The lowest BCUT2D eigenvalue weighted by molar-refractivity contribution is 0.866.